The summed E-state index contributed by atoms with van der Waals surface area (Å²) >= 11 is 0. The number of nitroso groups, excluding NO2 is 1. The van der Waals surface area contributed by atoms with Gasteiger partial charge in [-0.1, -0.05) is 12.1 Å². The molecule has 6 nitrogen and oxygen atoms in total. The van der Waals surface area contributed by atoms with Crippen LogP contribution in [-0.4, -0.2) is 17.6 Å². The van der Waals surface area contributed by atoms with Crippen molar-refractivity contribution in [2.45, 2.75) is 13.0 Å². The zero-order chi connectivity index (χ0) is 14.5. The van der Waals surface area contributed by atoms with Crippen LogP contribution in [0.3, 0.4) is 0 Å². The quantitative estimate of drug-likeness (QED) is 0.516. The van der Waals surface area contributed by atoms with Gasteiger partial charge in [-0.25, -0.2) is 18.7 Å². The van der Waals surface area contributed by atoms with E-state index in [0.717, 1.165) is 0 Å². The van der Waals surface area contributed by atoms with E-state index in [1.165, 1.54) is 35.3 Å². The van der Waals surface area contributed by atoms with Crippen molar-refractivity contribution in [3.63, 3.8) is 0 Å². The van der Waals surface area contributed by atoms with E-state index in [0.29, 0.717) is 5.56 Å². The van der Waals surface area contributed by atoms with Gasteiger partial charge in [0.2, 0.25) is 12.4 Å². The Balaban J connectivity index is 2.43. The molecule has 0 aliphatic heterocycles. The van der Waals surface area contributed by atoms with E-state index in [9.17, 15) is 14.1 Å². The zero-order valence-corrected chi connectivity index (χ0v) is 10.7. The Bertz CT molecular complexity index is 627. The summed E-state index contributed by atoms with van der Waals surface area (Å²) in [5, 5.41) is 2.74. The first-order chi connectivity index (χ1) is 9.65. The second kappa shape index (κ2) is 6.05. The second-order valence-electron chi connectivity index (χ2n) is 4.04. The minimum Gasteiger partial charge on any atom is -0.463 e. The van der Waals surface area contributed by atoms with Crippen LogP contribution in [0.2, 0.25) is 0 Å². The van der Waals surface area contributed by atoms with E-state index in [-0.39, 0.29) is 12.4 Å². The highest BCUT2D eigenvalue weighted by molar-refractivity contribution is 5.76. The Morgan fingerprint density at radius 3 is 2.95 bits per heavy atom. The lowest BCUT2D eigenvalue weighted by Crippen LogP contribution is -2.43. The van der Waals surface area contributed by atoms with Crippen molar-refractivity contribution in [2.24, 2.45) is 5.18 Å². The van der Waals surface area contributed by atoms with Gasteiger partial charge >= 0.3 is 5.97 Å². The normalized spacial score (nSPS) is 11.9. The lowest BCUT2D eigenvalue weighted by molar-refractivity contribution is -0.700. The summed E-state index contributed by atoms with van der Waals surface area (Å²) in [5.41, 5.74) is 0.421. The highest BCUT2D eigenvalue weighted by Gasteiger charge is 2.29. The summed E-state index contributed by atoms with van der Waals surface area (Å²) < 4.78 is 19.7. The van der Waals surface area contributed by atoms with Gasteiger partial charge in [0, 0.05) is 10.7 Å². The highest BCUT2D eigenvalue weighted by atomic mass is 19.1. The fraction of sp³-hybridized carbons (Fsp3) is 0.231. The number of halogens is 1. The van der Waals surface area contributed by atoms with Crippen LogP contribution in [0.4, 0.5) is 10.2 Å². The van der Waals surface area contributed by atoms with Gasteiger partial charge in [-0.2, -0.15) is 0 Å². The van der Waals surface area contributed by atoms with Gasteiger partial charge in [-0.05, 0) is 19.1 Å². The molecule has 1 heterocycles. The van der Waals surface area contributed by atoms with Gasteiger partial charge in [-0.15, -0.1) is 4.91 Å². The van der Waals surface area contributed by atoms with Gasteiger partial charge in [-0.3, -0.25) is 0 Å². The van der Waals surface area contributed by atoms with Gasteiger partial charge < -0.3 is 4.74 Å². The SMILES string of the molecule is CCOC(=O)C(c1cccc(F)c1)[n+]1c[nH]c(N=O)c1. The molecule has 0 aliphatic rings. The standard InChI is InChI=1S/C13H12FN3O3/c1-2-20-13(18)12(9-4-3-5-10(14)6-9)17-7-11(16-19)15-8-17/h3-8,12H,2H2,1H3/p+1. The average Bonchev–Trinajstić information content (AvgIpc) is 2.88. The van der Waals surface area contributed by atoms with E-state index in [2.05, 4.69) is 10.2 Å². The molecule has 1 aromatic carbocycles. The molecule has 2 aromatic rings. The molecule has 0 bridgehead atoms. The molecule has 0 aliphatic carbocycles. The minimum atomic E-state index is -0.877. The summed E-state index contributed by atoms with van der Waals surface area (Å²) in [5.74, 6) is -0.933. The molecular weight excluding hydrogens is 265 g/mol. The molecule has 20 heavy (non-hydrogen) atoms. The molecule has 2 rings (SSSR count). The zero-order valence-electron chi connectivity index (χ0n) is 10.7. The Morgan fingerprint density at radius 2 is 2.35 bits per heavy atom. The number of nitrogens with zero attached hydrogens (tertiary/aromatic N) is 2. The predicted molar refractivity (Wildman–Crippen MR) is 67.6 cm³/mol. The van der Waals surface area contributed by atoms with Crippen molar-refractivity contribution in [2.75, 3.05) is 6.61 Å². The van der Waals surface area contributed by atoms with Crippen molar-refractivity contribution >= 4 is 11.8 Å². The number of aromatic amines is 1. The number of carbonyl (C=O) groups excluding carboxylic acids is 1. The highest BCUT2D eigenvalue weighted by Crippen LogP contribution is 2.17. The lowest BCUT2D eigenvalue weighted by Gasteiger charge is -2.12. The van der Waals surface area contributed by atoms with Crippen LogP contribution >= 0.6 is 0 Å². The average molecular weight is 278 g/mol. The van der Waals surface area contributed by atoms with E-state index in [1.807, 2.05) is 0 Å². The number of rotatable bonds is 5. The van der Waals surface area contributed by atoms with Crippen LogP contribution in [0, 0.1) is 10.7 Å². The van der Waals surface area contributed by atoms with Crippen LogP contribution in [0.5, 0.6) is 0 Å². The van der Waals surface area contributed by atoms with Crippen molar-refractivity contribution in [1.82, 2.24) is 4.98 Å². The van der Waals surface area contributed by atoms with Gasteiger partial charge in [0.25, 0.3) is 5.82 Å². The maximum Gasteiger partial charge on any atom is 0.356 e. The fourth-order valence-electron chi connectivity index (χ4n) is 1.88. The Kier molecular flexibility index (Phi) is 4.19. The monoisotopic (exact) mass is 278 g/mol. The largest absolute Gasteiger partial charge is 0.463 e. The maximum absolute atomic E-state index is 13.3. The number of aromatic nitrogens is 2. The number of hydrogen-bond donors (Lipinski definition) is 1. The lowest BCUT2D eigenvalue weighted by atomic mass is 10.1. The number of hydrogen-bond acceptors (Lipinski definition) is 4. The first kappa shape index (κ1) is 13.9. The molecule has 104 valence electrons. The molecule has 0 saturated heterocycles. The van der Waals surface area contributed by atoms with Crippen molar-refractivity contribution in [3.8, 4) is 0 Å². The number of esters is 1. The van der Waals surface area contributed by atoms with Crippen LogP contribution < -0.4 is 4.57 Å². The molecular formula is C13H13FN3O3+. The second-order valence-corrected chi connectivity index (χ2v) is 4.04. The number of benzene rings is 1. The Morgan fingerprint density at radius 1 is 1.55 bits per heavy atom. The topological polar surface area (TPSA) is 75.4 Å². The Hall–Kier alpha value is -2.57. The van der Waals surface area contributed by atoms with Gasteiger partial charge in [0.15, 0.2) is 6.20 Å². The molecule has 1 unspecified atom stereocenters. The molecule has 0 radical (unpaired) electrons. The predicted octanol–water partition coefficient (Wildman–Crippen LogP) is 1.99. The molecule has 0 saturated carbocycles. The first-order valence-electron chi connectivity index (χ1n) is 6.00. The van der Waals surface area contributed by atoms with E-state index >= 15 is 0 Å². The first-order valence-corrected chi connectivity index (χ1v) is 6.00. The van der Waals surface area contributed by atoms with E-state index < -0.39 is 17.8 Å². The third kappa shape index (κ3) is 2.87. The summed E-state index contributed by atoms with van der Waals surface area (Å²) in [6, 6.07) is 4.76. The van der Waals surface area contributed by atoms with Crippen molar-refractivity contribution in [1.29, 1.82) is 0 Å². The summed E-state index contributed by atoms with van der Waals surface area (Å²) in [6.07, 6.45) is 2.77. The number of carbonyl (C=O) groups is 1. The number of H-pyrrole nitrogens is 1. The molecule has 1 N–H and O–H groups in total. The van der Waals surface area contributed by atoms with Gasteiger partial charge in [0.1, 0.15) is 5.82 Å². The van der Waals surface area contributed by atoms with Crippen LogP contribution in [0.15, 0.2) is 42.0 Å². The molecule has 0 fully saturated rings. The molecule has 0 spiro atoms. The summed E-state index contributed by atoms with van der Waals surface area (Å²) in [6.45, 7) is 1.88. The third-order valence-electron chi connectivity index (χ3n) is 2.70. The fourth-order valence-corrected chi connectivity index (χ4v) is 1.88. The summed E-state index contributed by atoms with van der Waals surface area (Å²) in [4.78, 5) is 25.1. The van der Waals surface area contributed by atoms with E-state index in [4.69, 9.17) is 4.74 Å². The van der Waals surface area contributed by atoms with Crippen LogP contribution in [-0.2, 0) is 9.53 Å². The van der Waals surface area contributed by atoms with Crippen molar-refractivity contribution in [3.05, 3.63) is 53.1 Å². The molecule has 0 amide bonds. The maximum atomic E-state index is 13.3. The molecule has 1 aromatic heterocycles. The van der Waals surface area contributed by atoms with E-state index in [1.54, 1.807) is 13.0 Å². The summed E-state index contributed by atoms with van der Waals surface area (Å²) in [7, 11) is 0. The van der Waals surface area contributed by atoms with Crippen molar-refractivity contribution < 1.29 is 18.5 Å². The number of imidazole rings is 1. The number of ether oxygens (including phenoxy) is 1. The molecule has 7 heteroatoms. The third-order valence-corrected chi connectivity index (χ3v) is 2.70. The van der Waals surface area contributed by atoms with Crippen LogP contribution in [0.25, 0.3) is 0 Å². The number of nitrogens with one attached hydrogen (secondary N) is 1. The minimum absolute atomic E-state index is 0.0655. The Labute approximate surface area is 114 Å². The van der Waals surface area contributed by atoms with Crippen LogP contribution in [0.1, 0.15) is 18.5 Å². The van der Waals surface area contributed by atoms with Gasteiger partial charge in [0.05, 0.1) is 6.61 Å². The molecule has 1 atom stereocenters. The smallest absolute Gasteiger partial charge is 0.356 e.